The molecule has 0 radical (unpaired) electrons. The minimum absolute atomic E-state index is 0.0400. The normalized spacial score (nSPS) is 18.1. The first-order chi connectivity index (χ1) is 14.3. The molecule has 0 saturated carbocycles. The van der Waals surface area contributed by atoms with Crippen LogP contribution in [0.2, 0.25) is 0 Å². The predicted octanol–water partition coefficient (Wildman–Crippen LogP) is 3.65. The van der Waals surface area contributed by atoms with Crippen LogP contribution in [0.3, 0.4) is 0 Å². The Labute approximate surface area is 167 Å². The molecule has 5 rings (SSSR count). The van der Waals surface area contributed by atoms with Gasteiger partial charge in [0, 0.05) is 46.6 Å². The molecular formula is C20H11N3O7. The molecule has 148 valence electrons. The minimum Gasteiger partial charge on any atom is -0.456 e. The van der Waals surface area contributed by atoms with Gasteiger partial charge in [0.1, 0.15) is 11.5 Å². The van der Waals surface area contributed by atoms with Crippen molar-refractivity contribution in [3.63, 3.8) is 0 Å². The van der Waals surface area contributed by atoms with Crippen molar-refractivity contribution in [3.8, 4) is 11.5 Å². The predicted molar refractivity (Wildman–Crippen MR) is 102 cm³/mol. The van der Waals surface area contributed by atoms with Crippen molar-refractivity contribution in [1.82, 2.24) is 0 Å². The van der Waals surface area contributed by atoms with Gasteiger partial charge in [-0.1, -0.05) is 0 Å². The summed E-state index contributed by atoms with van der Waals surface area (Å²) >= 11 is 0. The van der Waals surface area contributed by atoms with Gasteiger partial charge in [0.25, 0.3) is 11.4 Å². The van der Waals surface area contributed by atoms with E-state index in [0.717, 1.165) is 6.07 Å². The van der Waals surface area contributed by atoms with Crippen LogP contribution in [0, 0.1) is 20.2 Å². The van der Waals surface area contributed by atoms with E-state index < -0.39 is 21.4 Å². The SMILES string of the molecule is Nc1ccc2c(c1)Oc1cc([N+](=O)[O-])ccc1C21OC(=O)c2cc([N+](=O)[O-])ccc21. The number of anilines is 1. The Morgan fingerprint density at radius 1 is 0.800 bits per heavy atom. The van der Waals surface area contributed by atoms with Gasteiger partial charge in [-0.25, -0.2) is 4.79 Å². The lowest BCUT2D eigenvalue weighted by atomic mass is 9.77. The Morgan fingerprint density at radius 2 is 1.37 bits per heavy atom. The smallest absolute Gasteiger partial charge is 0.340 e. The highest BCUT2D eigenvalue weighted by Crippen LogP contribution is 2.57. The number of ether oxygens (including phenoxy) is 2. The number of rotatable bonds is 2. The van der Waals surface area contributed by atoms with E-state index in [4.69, 9.17) is 15.2 Å². The van der Waals surface area contributed by atoms with E-state index in [0.29, 0.717) is 22.4 Å². The molecule has 1 unspecified atom stereocenters. The number of nitrogen functional groups attached to an aromatic ring is 1. The second-order valence-corrected chi connectivity index (χ2v) is 6.85. The summed E-state index contributed by atoms with van der Waals surface area (Å²) in [6.07, 6.45) is 0. The number of benzene rings is 3. The molecule has 3 aromatic carbocycles. The molecule has 2 heterocycles. The third-order valence-corrected chi connectivity index (χ3v) is 5.22. The number of fused-ring (bicyclic) bond motifs is 6. The van der Waals surface area contributed by atoms with E-state index in [2.05, 4.69) is 0 Å². The van der Waals surface area contributed by atoms with E-state index in [1.54, 1.807) is 12.1 Å². The maximum absolute atomic E-state index is 12.8. The average molecular weight is 405 g/mol. The molecule has 30 heavy (non-hydrogen) atoms. The number of carbonyl (C=O) groups is 1. The monoisotopic (exact) mass is 405 g/mol. The zero-order valence-electron chi connectivity index (χ0n) is 15.0. The lowest BCUT2D eigenvalue weighted by Gasteiger charge is -2.36. The standard InChI is InChI=1S/C20H11N3O7/c21-10-1-4-15-17(7-10)29-18-9-12(23(27)28)3-6-16(18)20(15)14-5-2-11(22(25)26)8-13(14)19(24)30-20/h1-9H,21H2. The average Bonchev–Trinajstić information content (AvgIpc) is 3.00. The molecule has 0 bridgehead atoms. The quantitative estimate of drug-likeness (QED) is 0.294. The fourth-order valence-corrected chi connectivity index (χ4v) is 3.95. The van der Waals surface area contributed by atoms with Gasteiger partial charge in [-0.15, -0.1) is 0 Å². The summed E-state index contributed by atoms with van der Waals surface area (Å²) in [6.45, 7) is 0. The summed E-state index contributed by atoms with van der Waals surface area (Å²) < 4.78 is 11.7. The fourth-order valence-electron chi connectivity index (χ4n) is 3.95. The first kappa shape index (κ1) is 17.6. The van der Waals surface area contributed by atoms with Gasteiger partial charge in [-0.3, -0.25) is 20.2 Å². The van der Waals surface area contributed by atoms with E-state index in [9.17, 15) is 25.0 Å². The Morgan fingerprint density at radius 3 is 2.03 bits per heavy atom. The van der Waals surface area contributed by atoms with Gasteiger partial charge in [-0.2, -0.15) is 0 Å². The second kappa shape index (κ2) is 5.77. The van der Waals surface area contributed by atoms with Crippen LogP contribution in [0.4, 0.5) is 17.1 Å². The highest BCUT2D eigenvalue weighted by atomic mass is 16.6. The Bertz CT molecular complexity index is 1300. The van der Waals surface area contributed by atoms with E-state index in [1.165, 1.54) is 36.4 Å². The molecule has 3 aromatic rings. The van der Waals surface area contributed by atoms with Crippen molar-refractivity contribution in [1.29, 1.82) is 0 Å². The van der Waals surface area contributed by atoms with Gasteiger partial charge in [0.15, 0.2) is 5.60 Å². The molecule has 2 N–H and O–H groups in total. The largest absolute Gasteiger partial charge is 0.456 e. The number of nitrogens with two attached hydrogens (primary N) is 1. The number of nitrogens with zero attached hydrogens (tertiary/aromatic N) is 2. The number of nitro benzene ring substituents is 2. The van der Waals surface area contributed by atoms with Gasteiger partial charge in [0.2, 0.25) is 0 Å². The number of hydrogen-bond acceptors (Lipinski definition) is 8. The van der Waals surface area contributed by atoms with E-state index >= 15 is 0 Å². The lowest BCUT2D eigenvalue weighted by molar-refractivity contribution is -0.385. The van der Waals surface area contributed by atoms with Crippen LogP contribution in [-0.4, -0.2) is 15.8 Å². The van der Waals surface area contributed by atoms with Crippen molar-refractivity contribution < 1.29 is 24.1 Å². The second-order valence-electron chi connectivity index (χ2n) is 6.85. The summed E-state index contributed by atoms with van der Waals surface area (Å²) in [6, 6.07) is 12.6. The van der Waals surface area contributed by atoms with Gasteiger partial charge < -0.3 is 15.2 Å². The van der Waals surface area contributed by atoms with Crippen LogP contribution in [0.15, 0.2) is 54.6 Å². The number of hydrogen-bond donors (Lipinski definition) is 1. The van der Waals surface area contributed by atoms with Crippen molar-refractivity contribution in [3.05, 3.63) is 97.1 Å². The van der Waals surface area contributed by atoms with Crippen LogP contribution < -0.4 is 10.5 Å². The maximum Gasteiger partial charge on any atom is 0.340 e. The topological polar surface area (TPSA) is 148 Å². The zero-order chi connectivity index (χ0) is 21.2. The molecule has 0 amide bonds. The maximum atomic E-state index is 12.8. The van der Waals surface area contributed by atoms with E-state index in [-0.39, 0.29) is 28.4 Å². The minimum atomic E-state index is -1.48. The van der Waals surface area contributed by atoms with Crippen LogP contribution >= 0.6 is 0 Å². The van der Waals surface area contributed by atoms with Crippen LogP contribution in [0.1, 0.15) is 27.0 Å². The highest BCUT2D eigenvalue weighted by Gasteiger charge is 2.54. The highest BCUT2D eigenvalue weighted by molar-refractivity contribution is 5.97. The van der Waals surface area contributed by atoms with Gasteiger partial charge in [0.05, 0.1) is 21.5 Å². The Hall–Kier alpha value is -4.47. The zero-order valence-corrected chi connectivity index (χ0v) is 15.0. The first-order valence-corrected chi connectivity index (χ1v) is 8.70. The molecule has 10 nitrogen and oxygen atoms in total. The van der Waals surface area contributed by atoms with Crippen molar-refractivity contribution in [2.75, 3.05) is 5.73 Å². The van der Waals surface area contributed by atoms with E-state index in [1.807, 2.05) is 0 Å². The Balaban J connectivity index is 1.85. The first-order valence-electron chi connectivity index (χ1n) is 8.70. The molecule has 2 aliphatic heterocycles. The molecular weight excluding hydrogens is 394 g/mol. The summed E-state index contributed by atoms with van der Waals surface area (Å²) in [5.41, 5.74) is 5.56. The van der Waals surface area contributed by atoms with Crippen molar-refractivity contribution in [2.24, 2.45) is 0 Å². The molecule has 2 aliphatic rings. The fraction of sp³-hybridized carbons (Fsp3) is 0.0500. The molecule has 1 atom stereocenters. The molecule has 0 aromatic heterocycles. The number of esters is 1. The number of non-ortho nitro benzene ring substituents is 2. The molecule has 10 heteroatoms. The third-order valence-electron chi connectivity index (χ3n) is 5.22. The summed E-state index contributed by atoms with van der Waals surface area (Å²) in [7, 11) is 0. The van der Waals surface area contributed by atoms with Gasteiger partial charge >= 0.3 is 5.97 Å². The third kappa shape index (κ3) is 2.21. The summed E-state index contributed by atoms with van der Waals surface area (Å²) in [4.78, 5) is 34.0. The van der Waals surface area contributed by atoms with Crippen molar-refractivity contribution in [2.45, 2.75) is 5.60 Å². The van der Waals surface area contributed by atoms with Crippen LogP contribution in [0.25, 0.3) is 0 Å². The lowest BCUT2D eigenvalue weighted by Crippen LogP contribution is -2.33. The number of nitro groups is 2. The summed E-state index contributed by atoms with van der Waals surface area (Å²) in [5, 5.41) is 22.4. The van der Waals surface area contributed by atoms with Crippen LogP contribution in [-0.2, 0) is 10.3 Å². The number of carbonyl (C=O) groups excluding carboxylic acids is 1. The van der Waals surface area contributed by atoms with Crippen LogP contribution in [0.5, 0.6) is 11.5 Å². The molecule has 0 fully saturated rings. The summed E-state index contributed by atoms with van der Waals surface area (Å²) in [5.74, 6) is -0.356. The molecule has 1 spiro atoms. The molecule has 0 aliphatic carbocycles. The van der Waals surface area contributed by atoms with Gasteiger partial charge in [-0.05, 0) is 24.3 Å². The molecule has 0 saturated heterocycles. The van der Waals surface area contributed by atoms with Crippen molar-refractivity contribution >= 4 is 23.0 Å². The Kier molecular flexibility index (Phi) is 3.39.